The Kier molecular flexibility index (Phi) is 14.1. The summed E-state index contributed by atoms with van der Waals surface area (Å²) in [6, 6.07) is 16.6. The van der Waals surface area contributed by atoms with Gasteiger partial charge in [0.05, 0.1) is 6.61 Å². The van der Waals surface area contributed by atoms with Gasteiger partial charge in [0.25, 0.3) is 0 Å². The van der Waals surface area contributed by atoms with E-state index in [-0.39, 0.29) is 12.1 Å². The molecule has 3 nitrogen and oxygen atoms in total. The fourth-order valence-electron chi connectivity index (χ4n) is 4.14. The highest BCUT2D eigenvalue weighted by Gasteiger charge is 2.11. The third-order valence-electron chi connectivity index (χ3n) is 6.38. The van der Waals surface area contributed by atoms with Crippen LogP contribution in [0.3, 0.4) is 0 Å². The number of ether oxygens (including phenoxy) is 2. The molecule has 2 aromatic carbocycles. The van der Waals surface area contributed by atoms with Gasteiger partial charge in [-0.25, -0.2) is 0 Å². The lowest BCUT2D eigenvalue weighted by atomic mass is 10.0. The maximum Gasteiger partial charge on any atom is 0.306 e. The molecule has 1 unspecified atom stereocenters. The monoisotopic (exact) mass is 466 g/mol. The molecular weight excluding hydrogens is 420 g/mol. The SMILES string of the molecule is CCCCCCCCCCCOc1ccc(-c2ccc(C(C)OC(=O)CCCCC)cc2)cc1. The van der Waals surface area contributed by atoms with Crippen LogP contribution in [0.15, 0.2) is 48.5 Å². The zero-order valence-corrected chi connectivity index (χ0v) is 21.8. The first-order chi connectivity index (χ1) is 16.6. The minimum absolute atomic E-state index is 0.108. The van der Waals surface area contributed by atoms with Gasteiger partial charge < -0.3 is 9.47 Å². The van der Waals surface area contributed by atoms with Crippen LogP contribution in [-0.4, -0.2) is 12.6 Å². The minimum Gasteiger partial charge on any atom is -0.494 e. The summed E-state index contributed by atoms with van der Waals surface area (Å²) < 4.78 is 11.5. The Bertz CT molecular complexity index is 779. The Morgan fingerprint density at radius 1 is 0.676 bits per heavy atom. The predicted molar refractivity (Wildman–Crippen MR) is 143 cm³/mol. The third-order valence-corrected chi connectivity index (χ3v) is 6.38. The van der Waals surface area contributed by atoms with Crippen LogP contribution in [0, 0.1) is 0 Å². The van der Waals surface area contributed by atoms with Crippen LogP contribution < -0.4 is 4.74 Å². The van der Waals surface area contributed by atoms with Crippen molar-refractivity contribution in [1.29, 1.82) is 0 Å². The van der Waals surface area contributed by atoms with Gasteiger partial charge >= 0.3 is 5.97 Å². The van der Waals surface area contributed by atoms with Crippen molar-refractivity contribution in [3.05, 3.63) is 54.1 Å². The molecule has 0 N–H and O–H groups in total. The van der Waals surface area contributed by atoms with Crippen molar-refractivity contribution in [3.63, 3.8) is 0 Å². The molecule has 0 aliphatic carbocycles. The lowest BCUT2D eigenvalue weighted by Crippen LogP contribution is -2.08. The quantitative estimate of drug-likeness (QED) is 0.162. The van der Waals surface area contributed by atoms with Crippen LogP contribution in [0.5, 0.6) is 5.75 Å². The molecule has 0 aliphatic rings. The molecule has 3 heteroatoms. The first-order valence-corrected chi connectivity index (χ1v) is 13.7. The Balaban J connectivity index is 1.68. The summed E-state index contributed by atoms with van der Waals surface area (Å²) in [5, 5.41) is 0. The average Bonchev–Trinajstić information content (AvgIpc) is 2.86. The number of carbonyl (C=O) groups is 1. The Labute approximate surface area is 208 Å². The van der Waals surface area contributed by atoms with E-state index in [1.165, 1.54) is 51.4 Å². The maximum absolute atomic E-state index is 12.0. The number of esters is 1. The van der Waals surface area contributed by atoms with Crippen molar-refractivity contribution in [3.8, 4) is 16.9 Å². The van der Waals surface area contributed by atoms with Crippen molar-refractivity contribution in [2.24, 2.45) is 0 Å². The lowest BCUT2D eigenvalue weighted by molar-refractivity contribution is -0.148. The summed E-state index contributed by atoms with van der Waals surface area (Å²) in [7, 11) is 0. The topological polar surface area (TPSA) is 35.5 Å². The van der Waals surface area contributed by atoms with E-state index >= 15 is 0 Å². The fraction of sp³-hybridized carbons (Fsp3) is 0.581. The fourth-order valence-corrected chi connectivity index (χ4v) is 4.14. The van der Waals surface area contributed by atoms with E-state index in [0.29, 0.717) is 6.42 Å². The molecule has 0 bridgehead atoms. The summed E-state index contributed by atoms with van der Waals surface area (Å²) in [5.74, 6) is 0.826. The van der Waals surface area contributed by atoms with Gasteiger partial charge in [0.2, 0.25) is 0 Å². The molecular formula is C31H46O3. The second kappa shape index (κ2) is 17.2. The van der Waals surface area contributed by atoms with Crippen molar-refractivity contribution in [2.45, 2.75) is 110 Å². The second-order valence-corrected chi connectivity index (χ2v) is 9.41. The Morgan fingerprint density at radius 2 is 1.18 bits per heavy atom. The summed E-state index contributed by atoms with van der Waals surface area (Å²) in [5.41, 5.74) is 3.33. The van der Waals surface area contributed by atoms with Gasteiger partial charge in [-0.05, 0) is 48.6 Å². The molecule has 2 aromatic rings. The molecule has 0 radical (unpaired) electrons. The molecule has 0 aromatic heterocycles. The highest BCUT2D eigenvalue weighted by molar-refractivity contribution is 5.69. The Morgan fingerprint density at radius 3 is 1.76 bits per heavy atom. The van der Waals surface area contributed by atoms with E-state index in [1.54, 1.807) is 0 Å². The first-order valence-electron chi connectivity index (χ1n) is 13.7. The number of rotatable bonds is 18. The number of hydrogen-bond acceptors (Lipinski definition) is 3. The second-order valence-electron chi connectivity index (χ2n) is 9.41. The standard InChI is InChI=1S/C31H46O3/c1-4-6-8-9-10-11-12-13-15-25-33-30-23-21-29(22-24-30)28-19-17-27(18-20-28)26(3)34-31(32)16-14-7-5-2/h17-24,26H,4-16,25H2,1-3H3. The van der Waals surface area contributed by atoms with E-state index in [2.05, 4.69) is 50.2 Å². The molecule has 0 amide bonds. The van der Waals surface area contributed by atoms with Gasteiger partial charge in [-0.2, -0.15) is 0 Å². The average molecular weight is 467 g/mol. The molecule has 2 rings (SSSR count). The van der Waals surface area contributed by atoms with Crippen molar-refractivity contribution in [1.82, 2.24) is 0 Å². The zero-order chi connectivity index (χ0) is 24.4. The van der Waals surface area contributed by atoms with Gasteiger partial charge in [0.1, 0.15) is 11.9 Å². The maximum atomic E-state index is 12.0. The summed E-state index contributed by atoms with van der Waals surface area (Å²) in [6.07, 6.45) is 15.3. The smallest absolute Gasteiger partial charge is 0.306 e. The Hall–Kier alpha value is -2.29. The van der Waals surface area contributed by atoms with Crippen LogP contribution >= 0.6 is 0 Å². The van der Waals surface area contributed by atoms with Crippen molar-refractivity contribution < 1.29 is 14.3 Å². The van der Waals surface area contributed by atoms with Crippen molar-refractivity contribution in [2.75, 3.05) is 6.61 Å². The van der Waals surface area contributed by atoms with Crippen LogP contribution in [0.4, 0.5) is 0 Å². The highest BCUT2D eigenvalue weighted by Crippen LogP contribution is 2.26. The number of benzene rings is 2. The number of unbranched alkanes of at least 4 members (excludes halogenated alkanes) is 10. The van der Waals surface area contributed by atoms with E-state index in [9.17, 15) is 4.79 Å². The van der Waals surface area contributed by atoms with E-state index in [0.717, 1.165) is 54.7 Å². The van der Waals surface area contributed by atoms with Gasteiger partial charge in [-0.15, -0.1) is 0 Å². The molecule has 0 spiro atoms. The molecule has 0 heterocycles. The minimum atomic E-state index is -0.222. The van der Waals surface area contributed by atoms with E-state index in [1.807, 2.05) is 19.1 Å². The molecule has 0 saturated heterocycles. The molecule has 0 fully saturated rings. The normalized spacial score (nSPS) is 11.9. The summed E-state index contributed by atoms with van der Waals surface area (Å²) in [6.45, 7) is 7.13. The molecule has 34 heavy (non-hydrogen) atoms. The van der Waals surface area contributed by atoms with Crippen LogP contribution in [0.25, 0.3) is 11.1 Å². The van der Waals surface area contributed by atoms with E-state index < -0.39 is 0 Å². The van der Waals surface area contributed by atoms with Gasteiger partial charge in [0.15, 0.2) is 0 Å². The number of carbonyl (C=O) groups excluding carboxylic acids is 1. The first kappa shape index (κ1) is 28.0. The zero-order valence-electron chi connectivity index (χ0n) is 21.8. The van der Waals surface area contributed by atoms with Gasteiger partial charge in [-0.1, -0.05) is 114 Å². The third kappa shape index (κ3) is 11.2. The lowest BCUT2D eigenvalue weighted by Gasteiger charge is -2.14. The molecule has 0 aliphatic heterocycles. The molecule has 0 saturated carbocycles. The highest BCUT2D eigenvalue weighted by atomic mass is 16.5. The molecule has 188 valence electrons. The van der Waals surface area contributed by atoms with Crippen molar-refractivity contribution >= 4 is 5.97 Å². The predicted octanol–water partition coefficient (Wildman–Crippen LogP) is 9.45. The van der Waals surface area contributed by atoms with E-state index in [4.69, 9.17) is 9.47 Å². The summed E-state index contributed by atoms with van der Waals surface area (Å²) >= 11 is 0. The van der Waals surface area contributed by atoms with Crippen LogP contribution in [0.2, 0.25) is 0 Å². The largest absolute Gasteiger partial charge is 0.494 e. The van der Waals surface area contributed by atoms with Crippen LogP contribution in [-0.2, 0) is 9.53 Å². The summed E-state index contributed by atoms with van der Waals surface area (Å²) in [4.78, 5) is 12.0. The van der Waals surface area contributed by atoms with Crippen LogP contribution in [0.1, 0.15) is 116 Å². The number of hydrogen-bond donors (Lipinski definition) is 0. The molecule has 1 atom stereocenters. The van der Waals surface area contributed by atoms with Gasteiger partial charge in [0, 0.05) is 6.42 Å². The van der Waals surface area contributed by atoms with Gasteiger partial charge in [-0.3, -0.25) is 4.79 Å².